The second kappa shape index (κ2) is 9.33. The van der Waals surface area contributed by atoms with Gasteiger partial charge in [0.2, 0.25) is 0 Å². The van der Waals surface area contributed by atoms with Gasteiger partial charge in [0, 0.05) is 11.0 Å². The molecule has 0 N–H and O–H groups in total. The maximum atomic E-state index is 13.1. The fourth-order valence-corrected chi connectivity index (χ4v) is 2.78. The summed E-state index contributed by atoms with van der Waals surface area (Å²) in [6.07, 6.45) is -9.35. The van der Waals surface area contributed by atoms with E-state index in [0.717, 1.165) is 6.08 Å². The molecule has 4 nitrogen and oxygen atoms in total. The minimum Gasteiger partial charge on any atom is -0.538 e. The number of carbonyl (C=O) groups is 1. The van der Waals surface area contributed by atoms with Crippen LogP contribution in [0.3, 0.4) is 0 Å². The van der Waals surface area contributed by atoms with E-state index >= 15 is 0 Å². The Balaban J connectivity index is 0.00000420. The third-order valence-corrected chi connectivity index (χ3v) is 4.23. The molecule has 0 aromatic heterocycles. The second-order valence-corrected chi connectivity index (χ2v) is 6.87. The molecule has 0 aliphatic rings. The number of alkyl halides is 6. The van der Waals surface area contributed by atoms with Crippen molar-refractivity contribution in [2.75, 3.05) is 0 Å². The number of nitrogens with zero attached hydrogens (tertiary/aromatic N) is 1. The van der Waals surface area contributed by atoms with Crippen LogP contribution in [0.2, 0.25) is 0 Å². The first-order valence-electron chi connectivity index (χ1n) is 7.33. The summed E-state index contributed by atoms with van der Waals surface area (Å²) < 4.78 is 103. The van der Waals surface area contributed by atoms with Crippen LogP contribution in [-0.2, 0) is 22.4 Å². The third kappa shape index (κ3) is 7.18. The summed E-state index contributed by atoms with van der Waals surface area (Å²) in [6, 6.07) is 8.09. The molecule has 0 atom stereocenters. The Morgan fingerprint density at radius 2 is 1.48 bits per heavy atom. The largest absolute Gasteiger partial charge is 1.00 e. The number of hydrogen-bond donors (Lipinski definition) is 0. The van der Waals surface area contributed by atoms with Crippen molar-refractivity contribution in [1.82, 2.24) is 0 Å². The van der Waals surface area contributed by atoms with E-state index in [9.17, 15) is 39.6 Å². The molecule has 29 heavy (non-hydrogen) atoms. The van der Waals surface area contributed by atoms with Gasteiger partial charge < -0.3 is 9.52 Å². The van der Waals surface area contributed by atoms with Crippen LogP contribution in [-0.4, -0.2) is 14.3 Å². The van der Waals surface area contributed by atoms with Gasteiger partial charge in [-0.25, -0.2) is 8.42 Å². The fraction of sp³-hybridized carbons (Fsp3) is 0.118. The zero-order valence-corrected chi connectivity index (χ0v) is 17.4. The Kier molecular flexibility index (Phi) is 8.11. The average molecular weight is 445 g/mol. The number of carbonyl (C=O) groups excluding carboxylic acids is 1. The molecule has 2 aromatic carbocycles. The van der Waals surface area contributed by atoms with Crippen LogP contribution < -0.4 is 29.6 Å². The summed E-state index contributed by atoms with van der Waals surface area (Å²) in [4.78, 5) is 11.9. The molecule has 0 heterocycles. The Labute approximate surface area is 184 Å². The normalized spacial score (nSPS) is 12.5. The molecular formula is C17H10F6NNaO3S. The number of halogens is 6. The monoisotopic (exact) mass is 445 g/mol. The van der Waals surface area contributed by atoms with E-state index in [-0.39, 0.29) is 47.8 Å². The molecule has 0 fully saturated rings. The molecule has 0 saturated carbocycles. The van der Waals surface area contributed by atoms with Gasteiger partial charge in [0.25, 0.3) is 0 Å². The van der Waals surface area contributed by atoms with Crippen molar-refractivity contribution in [2.45, 2.75) is 12.4 Å². The van der Waals surface area contributed by atoms with Crippen LogP contribution in [0.15, 0.2) is 53.9 Å². The molecule has 0 unspecified atom stereocenters. The van der Waals surface area contributed by atoms with Crippen LogP contribution >= 0.6 is 0 Å². The van der Waals surface area contributed by atoms with Crippen molar-refractivity contribution in [3.63, 3.8) is 0 Å². The van der Waals surface area contributed by atoms with Crippen LogP contribution in [0.25, 0.3) is 10.8 Å². The van der Waals surface area contributed by atoms with Crippen molar-refractivity contribution in [1.29, 1.82) is 0 Å². The van der Waals surface area contributed by atoms with Crippen LogP contribution in [0.4, 0.5) is 26.3 Å². The summed E-state index contributed by atoms with van der Waals surface area (Å²) in [5.74, 6) is -1.83. The van der Waals surface area contributed by atoms with E-state index < -0.39 is 45.0 Å². The van der Waals surface area contributed by atoms with E-state index in [1.807, 2.05) is 0 Å². The number of sulfonamides is 1. The van der Waals surface area contributed by atoms with Gasteiger partial charge in [-0.05, 0) is 23.8 Å². The summed E-state index contributed by atoms with van der Waals surface area (Å²) in [6.45, 7) is 0. The van der Waals surface area contributed by atoms with Gasteiger partial charge >= 0.3 is 41.9 Å². The Morgan fingerprint density at radius 3 is 2.00 bits per heavy atom. The first-order chi connectivity index (χ1) is 12.8. The quantitative estimate of drug-likeness (QED) is 0.536. The standard InChI is InChI=1S/C17H11F6NO3S.Na/c18-16(19,20)12-6-7-13(14(10-12)17(21,22)23)15(25)24-28(26,27)9-8-11-4-2-1-3-5-11;/h1-10H,(H,24,25);/q;+1/p-1/b9-8+;. The molecule has 150 valence electrons. The molecule has 2 rings (SSSR count). The molecule has 0 spiro atoms. The van der Waals surface area contributed by atoms with Gasteiger partial charge in [-0.1, -0.05) is 36.4 Å². The molecule has 0 aliphatic carbocycles. The predicted molar refractivity (Wildman–Crippen MR) is 88.5 cm³/mol. The average Bonchev–Trinajstić information content (AvgIpc) is 2.58. The van der Waals surface area contributed by atoms with Crippen molar-refractivity contribution >= 4 is 22.0 Å². The van der Waals surface area contributed by atoms with Gasteiger partial charge in [-0.3, -0.25) is 0 Å². The smallest absolute Gasteiger partial charge is 0.538 e. The maximum absolute atomic E-state index is 13.1. The zero-order valence-electron chi connectivity index (χ0n) is 14.6. The number of benzene rings is 2. The van der Waals surface area contributed by atoms with Gasteiger partial charge in [0.05, 0.1) is 17.0 Å². The molecule has 0 radical (unpaired) electrons. The summed E-state index contributed by atoms with van der Waals surface area (Å²) in [5.41, 5.74) is -4.46. The van der Waals surface area contributed by atoms with Gasteiger partial charge in [-0.2, -0.15) is 26.3 Å². The van der Waals surface area contributed by atoms with Gasteiger partial charge in [0.15, 0.2) is 0 Å². The number of rotatable bonds is 4. The summed E-state index contributed by atoms with van der Waals surface area (Å²) in [5, 5.41) is 0.498. The minimum absolute atomic E-state index is 0. The van der Waals surface area contributed by atoms with Crippen molar-refractivity contribution in [2.24, 2.45) is 0 Å². The van der Waals surface area contributed by atoms with E-state index in [4.69, 9.17) is 0 Å². The first kappa shape index (κ1) is 25.2. The Hall–Kier alpha value is -1.82. The van der Waals surface area contributed by atoms with Gasteiger partial charge in [-0.15, -0.1) is 0 Å². The van der Waals surface area contributed by atoms with Crippen molar-refractivity contribution < 1.29 is 69.1 Å². The molecule has 0 aliphatic heterocycles. The van der Waals surface area contributed by atoms with Crippen LogP contribution in [0.5, 0.6) is 0 Å². The number of amides is 1. The van der Waals surface area contributed by atoms with E-state index in [0.29, 0.717) is 11.0 Å². The molecule has 0 saturated heterocycles. The van der Waals surface area contributed by atoms with Crippen LogP contribution in [0.1, 0.15) is 27.0 Å². The van der Waals surface area contributed by atoms with E-state index in [1.165, 1.54) is 12.1 Å². The SMILES string of the molecule is O=C([N-]S(=O)(=O)/C=C/c1ccccc1)c1ccc(C(F)(F)F)cc1C(F)(F)F.[Na+]. The van der Waals surface area contributed by atoms with E-state index in [2.05, 4.69) is 4.72 Å². The molecule has 12 heteroatoms. The summed E-state index contributed by atoms with van der Waals surface area (Å²) >= 11 is 0. The molecule has 1 amide bonds. The summed E-state index contributed by atoms with van der Waals surface area (Å²) in [7, 11) is -4.62. The Bertz CT molecular complexity index is 1000. The molecule has 0 bridgehead atoms. The van der Waals surface area contributed by atoms with Crippen LogP contribution in [0, 0.1) is 0 Å². The third-order valence-electron chi connectivity index (χ3n) is 3.32. The van der Waals surface area contributed by atoms with Gasteiger partial charge in [0.1, 0.15) is 10.0 Å². The second-order valence-electron chi connectivity index (χ2n) is 5.38. The maximum Gasteiger partial charge on any atom is 1.00 e. The van der Waals surface area contributed by atoms with Crippen molar-refractivity contribution in [3.05, 3.63) is 80.9 Å². The zero-order chi connectivity index (χ0) is 21.2. The molecule has 2 aromatic rings. The predicted octanol–water partition coefficient (Wildman–Crippen LogP) is 2.24. The molecular weight excluding hydrogens is 435 g/mol. The topological polar surface area (TPSA) is 65.3 Å². The number of hydrogen-bond acceptors (Lipinski definition) is 3. The Morgan fingerprint density at radius 1 is 0.897 bits per heavy atom. The first-order valence-corrected chi connectivity index (χ1v) is 8.84. The minimum atomic E-state index is -5.33. The van der Waals surface area contributed by atoms with Crippen molar-refractivity contribution in [3.8, 4) is 0 Å². The fourth-order valence-electron chi connectivity index (χ4n) is 2.07. The van der Waals surface area contributed by atoms with E-state index in [1.54, 1.807) is 18.2 Å².